The fraction of sp³-hybridized carbons (Fsp3) is 0.963. The second-order valence-electron chi connectivity index (χ2n) is 11.1. The van der Waals surface area contributed by atoms with Crippen molar-refractivity contribution in [1.82, 2.24) is 0 Å². The number of carbonyl (C=O) groups excluding carboxylic acids is 1. The lowest BCUT2D eigenvalue weighted by Crippen LogP contribution is -2.60. The number of halogens is 2. The lowest BCUT2D eigenvalue weighted by atomic mass is 9.44. The average Bonchev–Trinajstić information content (AvgIpc) is 3.09. The molecule has 0 saturated heterocycles. The molecule has 0 aromatic heterocycles. The lowest BCUT2D eigenvalue weighted by Gasteiger charge is -2.62. The molecule has 0 aromatic rings. The highest BCUT2D eigenvalue weighted by atomic mass is 19.3. The normalized spacial score (nSPS) is 42.7. The number of esters is 1. The van der Waals surface area contributed by atoms with E-state index in [1.807, 2.05) is 13.8 Å². The standard InChI is InChI=1S/C24H38F2O3.C2H6.CH4/c1-22-10-5-4-6-17(22)13-24(25,26)20-18-8-7-16(12-15(14-27)21(28)29-3)23(18,2)11-9-19(20)22;1-2;/h15-20,27H,4-14H2,1-3H3;1-2H3;1H4. The third-order valence-corrected chi connectivity index (χ3v) is 10.1. The van der Waals surface area contributed by atoms with Crippen molar-refractivity contribution in [3.05, 3.63) is 0 Å². The lowest BCUT2D eigenvalue weighted by molar-refractivity contribution is -0.232. The van der Waals surface area contributed by atoms with E-state index in [1.165, 1.54) is 13.5 Å². The van der Waals surface area contributed by atoms with Crippen LogP contribution in [0.3, 0.4) is 0 Å². The summed E-state index contributed by atoms with van der Waals surface area (Å²) in [5.74, 6) is -3.48. The van der Waals surface area contributed by atoms with Gasteiger partial charge in [-0.2, -0.15) is 0 Å². The molecule has 5 heteroatoms. The molecule has 0 radical (unpaired) electrons. The fourth-order valence-corrected chi connectivity index (χ4v) is 8.44. The molecular weight excluding hydrogens is 410 g/mol. The van der Waals surface area contributed by atoms with E-state index >= 15 is 8.78 Å². The van der Waals surface area contributed by atoms with Gasteiger partial charge in [0.15, 0.2) is 0 Å². The number of hydrogen-bond donors (Lipinski definition) is 1. The van der Waals surface area contributed by atoms with Gasteiger partial charge in [-0.3, -0.25) is 4.79 Å². The van der Waals surface area contributed by atoms with Gasteiger partial charge in [0.05, 0.1) is 19.6 Å². The van der Waals surface area contributed by atoms with Crippen molar-refractivity contribution in [1.29, 1.82) is 0 Å². The molecule has 3 nitrogen and oxygen atoms in total. The van der Waals surface area contributed by atoms with Crippen molar-refractivity contribution in [2.75, 3.05) is 13.7 Å². The highest BCUT2D eigenvalue weighted by Crippen LogP contribution is 2.70. The van der Waals surface area contributed by atoms with Gasteiger partial charge in [0, 0.05) is 12.3 Å². The first-order chi connectivity index (χ1) is 14.7. The van der Waals surface area contributed by atoms with Crippen LogP contribution in [0, 0.1) is 46.3 Å². The number of aliphatic hydroxyl groups excluding tert-OH is 1. The van der Waals surface area contributed by atoms with Crippen LogP contribution in [0.2, 0.25) is 0 Å². The van der Waals surface area contributed by atoms with E-state index < -0.39 is 17.8 Å². The Morgan fingerprint density at radius 2 is 1.69 bits per heavy atom. The van der Waals surface area contributed by atoms with Crippen LogP contribution in [0.25, 0.3) is 0 Å². The van der Waals surface area contributed by atoms with Gasteiger partial charge in [-0.15, -0.1) is 0 Å². The summed E-state index contributed by atoms with van der Waals surface area (Å²) in [5.41, 5.74) is -0.0897. The average molecular weight is 459 g/mol. The number of methoxy groups -OCH3 is 1. The third kappa shape index (κ3) is 4.36. The van der Waals surface area contributed by atoms with Crippen LogP contribution in [-0.2, 0) is 9.53 Å². The summed E-state index contributed by atoms with van der Waals surface area (Å²) < 4.78 is 36.1. The van der Waals surface area contributed by atoms with Gasteiger partial charge >= 0.3 is 5.97 Å². The molecule has 8 unspecified atom stereocenters. The number of rotatable bonds is 4. The molecule has 4 saturated carbocycles. The molecule has 0 heterocycles. The Balaban J connectivity index is 0.00000118. The second-order valence-corrected chi connectivity index (χ2v) is 11.1. The minimum absolute atomic E-state index is 0. The van der Waals surface area contributed by atoms with Crippen LogP contribution in [0.1, 0.15) is 99.3 Å². The number of alkyl halides is 2. The Morgan fingerprint density at radius 3 is 2.31 bits per heavy atom. The molecule has 188 valence electrons. The zero-order valence-electron chi connectivity index (χ0n) is 20.3. The predicted octanol–water partition coefficient (Wildman–Crippen LogP) is 7.11. The molecule has 4 fully saturated rings. The van der Waals surface area contributed by atoms with Gasteiger partial charge in [-0.1, -0.05) is 48.0 Å². The number of aliphatic hydroxyl groups is 1. The summed E-state index contributed by atoms with van der Waals surface area (Å²) in [7, 11) is 1.35. The van der Waals surface area contributed by atoms with Crippen LogP contribution in [0.5, 0.6) is 0 Å². The SMILES string of the molecule is C.CC.COC(=O)C(CO)CC1CCC2C3C(CCC12C)C1(C)CCCCC1CC3(F)F. The first-order valence-electron chi connectivity index (χ1n) is 12.7. The minimum atomic E-state index is -2.58. The Labute approximate surface area is 195 Å². The van der Waals surface area contributed by atoms with Crippen molar-refractivity contribution in [2.24, 2.45) is 46.3 Å². The van der Waals surface area contributed by atoms with Gasteiger partial charge < -0.3 is 9.84 Å². The van der Waals surface area contributed by atoms with E-state index in [0.717, 1.165) is 44.9 Å². The first-order valence-corrected chi connectivity index (χ1v) is 12.7. The monoisotopic (exact) mass is 458 g/mol. The Kier molecular flexibility index (Phi) is 8.84. The van der Waals surface area contributed by atoms with Crippen molar-refractivity contribution >= 4 is 5.97 Å². The molecular formula is C27H48F2O3. The number of hydrogen-bond acceptors (Lipinski definition) is 3. The summed E-state index contributed by atoms with van der Waals surface area (Å²) in [4.78, 5) is 12.0. The highest BCUT2D eigenvalue weighted by molar-refractivity contribution is 5.72. The van der Waals surface area contributed by atoms with Crippen molar-refractivity contribution in [2.45, 2.75) is 105 Å². The van der Waals surface area contributed by atoms with E-state index in [0.29, 0.717) is 6.42 Å². The van der Waals surface area contributed by atoms with Gasteiger partial charge in [-0.25, -0.2) is 8.78 Å². The summed E-state index contributed by atoms with van der Waals surface area (Å²) >= 11 is 0. The van der Waals surface area contributed by atoms with Crippen molar-refractivity contribution in [3.63, 3.8) is 0 Å². The van der Waals surface area contributed by atoms with E-state index in [2.05, 4.69) is 13.8 Å². The van der Waals surface area contributed by atoms with Crippen LogP contribution in [0.4, 0.5) is 8.78 Å². The molecule has 1 N–H and O–H groups in total. The third-order valence-electron chi connectivity index (χ3n) is 10.1. The Hall–Kier alpha value is -0.710. The van der Waals surface area contributed by atoms with Crippen LogP contribution >= 0.6 is 0 Å². The number of fused-ring (bicyclic) bond motifs is 5. The maximum Gasteiger partial charge on any atom is 0.311 e. The van der Waals surface area contributed by atoms with Crippen molar-refractivity contribution < 1.29 is 23.4 Å². The highest BCUT2D eigenvalue weighted by Gasteiger charge is 2.67. The van der Waals surface area contributed by atoms with E-state index in [9.17, 15) is 9.90 Å². The Bertz CT molecular complexity index is 638. The van der Waals surface area contributed by atoms with Crippen molar-refractivity contribution in [3.8, 4) is 0 Å². The topological polar surface area (TPSA) is 46.5 Å². The molecule has 4 aliphatic rings. The smallest absolute Gasteiger partial charge is 0.311 e. The van der Waals surface area contributed by atoms with Gasteiger partial charge in [0.2, 0.25) is 0 Å². The second kappa shape index (κ2) is 10.3. The molecule has 0 aromatic carbocycles. The molecule has 32 heavy (non-hydrogen) atoms. The van der Waals surface area contributed by atoms with Gasteiger partial charge in [-0.05, 0) is 79.4 Å². The minimum Gasteiger partial charge on any atom is -0.469 e. The van der Waals surface area contributed by atoms with Crippen LogP contribution < -0.4 is 0 Å². The van der Waals surface area contributed by atoms with Crippen LogP contribution in [-0.4, -0.2) is 30.7 Å². The Morgan fingerprint density at radius 1 is 1.03 bits per heavy atom. The maximum absolute atomic E-state index is 15.6. The largest absolute Gasteiger partial charge is 0.469 e. The fourth-order valence-electron chi connectivity index (χ4n) is 8.44. The summed E-state index contributed by atoms with van der Waals surface area (Å²) in [6, 6.07) is 0. The van der Waals surface area contributed by atoms with E-state index in [4.69, 9.17) is 4.74 Å². The van der Waals surface area contributed by atoms with Gasteiger partial charge in [0.1, 0.15) is 0 Å². The van der Waals surface area contributed by atoms with E-state index in [-0.39, 0.29) is 60.9 Å². The van der Waals surface area contributed by atoms with Gasteiger partial charge in [0.25, 0.3) is 5.92 Å². The number of carbonyl (C=O) groups is 1. The quantitative estimate of drug-likeness (QED) is 0.456. The molecule has 4 rings (SSSR count). The molecule has 4 aliphatic carbocycles. The predicted molar refractivity (Wildman–Crippen MR) is 125 cm³/mol. The summed E-state index contributed by atoms with van der Waals surface area (Å²) in [5, 5.41) is 9.68. The zero-order chi connectivity index (χ0) is 23.0. The maximum atomic E-state index is 15.6. The van der Waals surface area contributed by atoms with Crippen LogP contribution in [0.15, 0.2) is 0 Å². The molecule has 0 aliphatic heterocycles. The van der Waals surface area contributed by atoms with E-state index in [1.54, 1.807) is 0 Å². The zero-order valence-corrected chi connectivity index (χ0v) is 20.3. The first kappa shape index (κ1) is 27.5. The molecule has 0 amide bonds. The summed E-state index contributed by atoms with van der Waals surface area (Å²) in [6.07, 6.45) is 8.57. The molecule has 0 bridgehead atoms. The molecule has 0 spiro atoms. The summed E-state index contributed by atoms with van der Waals surface area (Å²) in [6.45, 7) is 8.28. The number of ether oxygens (including phenoxy) is 1. The molecule has 8 atom stereocenters.